The van der Waals surface area contributed by atoms with E-state index in [0.717, 1.165) is 0 Å². The molecule has 0 bridgehead atoms. The van der Waals surface area contributed by atoms with Crippen molar-refractivity contribution in [3.63, 3.8) is 0 Å². The number of pyridine rings is 1. The lowest BCUT2D eigenvalue weighted by Crippen LogP contribution is -2.23. The Hall–Kier alpha value is -1.78. The van der Waals surface area contributed by atoms with Crippen molar-refractivity contribution in [3.8, 4) is 0 Å². The van der Waals surface area contributed by atoms with Gasteiger partial charge in [0.1, 0.15) is 0 Å². The van der Waals surface area contributed by atoms with Gasteiger partial charge in [0.25, 0.3) is 5.56 Å². The molecule has 1 rings (SSSR count). The molecule has 1 aromatic rings. The molecule has 2 amide bonds. The molecule has 0 saturated carbocycles. The van der Waals surface area contributed by atoms with E-state index in [-0.39, 0.29) is 5.56 Å². The van der Waals surface area contributed by atoms with Gasteiger partial charge in [-0.15, -0.1) is 0 Å². The maximum atomic E-state index is 11.1. The first-order chi connectivity index (χ1) is 6.00. The number of hydrogen-bond acceptors (Lipinski definition) is 2. The second-order valence-electron chi connectivity index (χ2n) is 2.81. The predicted octanol–water partition coefficient (Wildman–Crippen LogP) is 0.184. The Bertz CT molecular complexity index is 395. The largest absolute Gasteiger partial charge is 0.351 e. The second kappa shape index (κ2) is 3.30. The van der Waals surface area contributed by atoms with Crippen LogP contribution in [-0.2, 0) is 7.05 Å². The van der Waals surface area contributed by atoms with Crippen LogP contribution in [0.5, 0.6) is 0 Å². The highest BCUT2D eigenvalue weighted by Gasteiger charge is 2.02. The Balaban J connectivity index is 3.16. The fraction of sp³-hybridized carbons (Fsp3) is 0.250. The van der Waals surface area contributed by atoms with Gasteiger partial charge in [0, 0.05) is 19.3 Å². The van der Waals surface area contributed by atoms with Crippen molar-refractivity contribution in [1.82, 2.24) is 4.57 Å². The van der Waals surface area contributed by atoms with Gasteiger partial charge in [-0.05, 0) is 12.5 Å². The number of primary amides is 1. The molecule has 13 heavy (non-hydrogen) atoms. The topological polar surface area (TPSA) is 77.1 Å². The van der Waals surface area contributed by atoms with Gasteiger partial charge < -0.3 is 15.6 Å². The van der Waals surface area contributed by atoms with E-state index in [9.17, 15) is 9.59 Å². The van der Waals surface area contributed by atoms with E-state index in [4.69, 9.17) is 5.73 Å². The smallest absolute Gasteiger partial charge is 0.316 e. The summed E-state index contributed by atoms with van der Waals surface area (Å²) >= 11 is 0. The Morgan fingerprint density at radius 2 is 2.23 bits per heavy atom. The van der Waals surface area contributed by atoms with Crippen LogP contribution in [0.4, 0.5) is 10.5 Å². The highest BCUT2D eigenvalue weighted by molar-refractivity contribution is 5.88. The summed E-state index contributed by atoms with van der Waals surface area (Å²) in [5.41, 5.74) is 6.07. The summed E-state index contributed by atoms with van der Waals surface area (Å²) in [5, 5.41) is 2.42. The summed E-state index contributed by atoms with van der Waals surface area (Å²) in [7, 11) is 1.61. The molecular weight excluding hydrogens is 170 g/mol. The molecule has 0 unspecified atom stereocenters. The van der Waals surface area contributed by atoms with Crippen LogP contribution < -0.4 is 16.6 Å². The fourth-order valence-electron chi connectivity index (χ4n) is 0.987. The molecular formula is C8H11N3O2. The van der Waals surface area contributed by atoms with E-state index < -0.39 is 6.03 Å². The first-order valence-electron chi connectivity index (χ1n) is 3.74. The summed E-state index contributed by atoms with van der Waals surface area (Å²) in [4.78, 5) is 21.6. The van der Waals surface area contributed by atoms with Gasteiger partial charge in [0.05, 0.1) is 5.69 Å². The molecule has 0 fully saturated rings. The Kier molecular flexibility index (Phi) is 2.36. The SMILES string of the molecule is Cc1cc(=O)n(C)cc1NC(N)=O. The number of anilines is 1. The van der Waals surface area contributed by atoms with Crippen LogP contribution in [0.15, 0.2) is 17.1 Å². The molecule has 0 radical (unpaired) electrons. The lowest BCUT2D eigenvalue weighted by Gasteiger charge is -2.06. The number of carbonyl (C=O) groups is 1. The molecule has 0 atom stereocenters. The molecule has 70 valence electrons. The zero-order chi connectivity index (χ0) is 10.0. The predicted molar refractivity (Wildman–Crippen MR) is 49.6 cm³/mol. The third-order valence-corrected chi connectivity index (χ3v) is 1.69. The van der Waals surface area contributed by atoms with Crippen LogP contribution in [0.2, 0.25) is 0 Å². The maximum absolute atomic E-state index is 11.1. The zero-order valence-electron chi connectivity index (χ0n) is 7.50. The summed E-state index contributed by atoms with van der Waals surface area (Å²) in [6.45, 7) is 1.73. The fourth-order valence-corrected chi connectivity index (χ4v) is 0.987. The van der Waals surface area contributed by atoms with Gasteiger partial charge in [0.2, 0.25) is 0 Å². The minimum atomic E-state index is -0.637. The number of urea groups is 1. The van der Waals surface area contributed by atoms with Crippen LogP contribution in [0, 0.1) is 6.92 Å². The molecule has 5 nitrogen and oxygen atoms in total. The average molecular weight is 181 g/mol. The molecule has 3 N–H and O–H groups in total. The number of hydrogen-bond donors (Lipinski definition) is 2. The lowest BCUT2D eigenvalue weighted by molar-refractivity contribution is 0.259. The van der Waals surface area contributed by atoms with Gasteiger partial charge in [-0.25, -0.2) is 4.79 Å². The van der Waals surface area contributed by atoms with Crippen molar-refractivity contribution in [2.45, 2.75) is 6.92 Å². The monoisotopic (exact) mass is 181 g/mol. The van der Waals surface area contributed by atoms with E-state index >= 15 is 0 Å². The van der Waals surface area contributed by atoms with Gasteiger partial charge in [-0.2, -0.15) is 0 Å². The molecule has 5 heteroatoms. The lowest BCUT2D eigenvalue weighted by atomic mass is 10.2. The standard InChI is InChI=1S/C8H11N3O2/c1-5-3-7(12)11(2)4-6(5)10-8(9)13/h3-4H,1-2H3,(H3,9,10,13). The van der Waals surface area contributed by atoms with E-state index in [2.05, 4.69) is 5.32 Å². The number of nitrogens with two attached hydrogens (primary N) is 1. The van der Waals surface area contributed by atoms with E-state index in [0.29, 0.717) is 11.3 Å². The first kappa shape index (κ1) is 9.31. The van der Waals surface area contributed by atoms with Crippen molar-refractivity contribution in [2.75, 3.05) is 5.32 Å². The van der Waals surface area contributed by atoms with E-state index in [1.807, 2.05) is 0 Å². The second-order valence-corrected chi connectivity index (χ2v) is 2.81. The zero-order valence-corrected chi connectivity index (χ0v) is 7.50. The molecule has 0 spiro atoms. The van der Waals surface area contributed by atoms with Crippen molar-refractivity contribution < 1.29 is 4.79 Å². The molecule has 1 aromatic heterocycles. The average Bonchev–Trinajstić information content (AvgIpc) is 1.99. The molecule has 0 saturated heterocycles. The van der Waals surface area contributed by atoms with Crippen LogP contribution in [-0.4, -0.2) is 10.6 Å². The highest BCUT2D eigenvalue weighted by atomic mass is 16.2. The maximum Gasteiger partial charge on any atom is 0.316 e. The number of nitrogens with one attached hydrogen (secondary N) is 1. The molecule has 1 heterocycles. The van der Waals surface area contributed by atoms with Crippen molar-refractivity contribution in [1.29, 1.82) is 0 Å². The number of amides is 2. The Morgan fingerprint density at radius 1 is 1.62 bits per heavy atom. The van der Waals surface area contributed by atoms with Gasteiger partial charge >= 0.3 is 6.03 Å². The van der Waals surface area contributed by atoms with Crippen LogP contribution in [0.25, 0.3) is 0 Å². The van der Waals surface area contributed by atoms with Gasteiger partial charge in [-0.1, -0.05) is 0 Å². The number of carbonyl (C=O) groups excluding carboxylic acids is 1. The van der Waals surface area contributed by atoms with E-state index in [1.54, 1.807) is 14.0 Å². The summed E-state index contributed by atoms with van der Waals surface area (Å²) < 4.78 is 1.37. The van der Waals surface area contributed by atoms with Crippen molar-refractivity contribution in [2.24, 2.45) is 12.8 Å². The van der Waals surface area contributed by atoms with Gasteiger partial charge in [-0.3, -0.25) is 4.79 Å². The van der Waals surface area contributed by atoms with Gasteiger partial charge in [0.15, 0.2) is 0 Å². The summed E-state index contributed by atoms with van der Waals surface area (Å²) in [6, 6.07) is 0.799. The van der Waals surface area contributed by atoms with Crippen molar-refractivity contribution in [3.05, 3.63) is 28.2 Å². The van der Waals surface area contributed by atoms with Crippen LogP contribution in [0.3, 0.4) is 0 Å². The third-order valence-electron chi connectivity index (χ3n) is 1.69. The Labute approximate surface area is 75.2 Å². The third kappa shape index (κ3) is 2.08. The van der Waals surface area contributed by atoms with Crippen LogP contribution >= 0.6 is 0 Å². The minimum Gasteiger partial charge on any atom is -0.351 e. The normalized spacial score (nSPS) is 9.69. The number of aryl methyl sites for hydroxylation is 2. The first-order valence-corrected chi connectivity index (χ1v) is 3.74. The molecule has 0 aliphatic heterocycles. The van der Waals surface area contributed by atoms with E-state index in [1.165, 1.54) is 16.8 Å². The summed E-state index contributed by atoms with van der Waals surface area (Å²) in [6.07, 6.45) is 1.53. The number of nitrogens with zero attached hydrogens (tertiary/aromatic N) is 1. The van der Waals surface area contributed by atoms with Crippen LogP contribution in [0.1, 0.15) is 5.56 Å². The number of rotatable bonds is 1. The Morgan fingerprint density at radius 3 is 2.77 bits per heavy atom. The molecule has 0 aromatic carbocycles. The highest BCUT2D eigenvalue weighted by Crippen LogP contribution is 2.09. The molecule has 0 aliphatic rings. The number of aromatic nitrogens is 1. The molecule has 0 aliphatic carbocycles. The summed E-state index contributed by atoms with van der Waals surface area (Å²) in [5.74, 6) is 0. The quantitative estimate of drug-likeness (QED) is 0.648. The minimum absolute atomic E-state index is 0.118. The van der Waals surface area contributed by atoms with Crippen molar-refractivity contribution >= 4 is 11.7 Å².